The van der Waals surface area contributed by atoms with E-state index in [0.717, 1.165) is 6.08 Å². The van der Waals surface area contributed by atoms with Gasteiger partial charge in [-0.05, 0) is 12.1 Å². The molecule has 1 amide bonds. The van der Waals surface area contributed by atoms with Crippen molar-refractivity contribution < 1.29 is 18.7 Å². The first-order chi connectivity index (χ1) is 7.59. The maximum Gasteiger partial charge on any atom is 0.331 e. The van der Waals surface area contributed by atoms with Crippen LogP contribution in [-0.4, -0.2) is 18.5 Å². The van der Waals surface area contributed by atoms with E-state index >= 15 is 0 Å². The number of amides is 1. The molecule has 0 bridgehead atoms. The van der Waals surface area contributed by atoms with Gasteiger partial charge in [0, 0.05) is 11.6 Å². The van der Waals surface area contributed by atoms with Gasteiger partial charge in [0.15, 0.2) is 6.61 Å². The van der Waals surface area contributed by atoms with Gasteiger partial charge in [0.1, 0.15) is 5.82 Å². The second-order valence-electron chi connectivity index (χ2n) is 2.93. The average Bonchev–Trinajstić information content (AvgIpc) is 2.25. The summed E-state index contributed by atoms with van der Waals surface area (Å²) in [5.41, 5.74) is 5.03. The zero-order chi connectivity index (χ0) is 12.0. The molecule has 84 valence electrons. The highest BCUT2D eigenvalue weighted by Crippen LogP contribution is 2.07. The van der Waals surface area contributed by atoms with Gasteiger partial charge >= 0.3 is 5.97 Å². The van der Waals surface area contributed by atoms with E-state index in [1.165, 1.54) is 24.3 Å². The molecule has 0 aliphatic carbocycles. The lowest BCUT2D eigenvalue weighted by Gasteiger charge is -1.97. The molecule has 0 spiro atoms. The van der Waals surface area contributed by atoms with E-state index in [2.05, 4.69) is 4.74 Å². The van der Waals surface area contributed by atoms with Crippen LogP contribution in [0.15, 0.2) is 30.3 Å². The van der Waals surface area contributed by atoms with Gasteiger partial charge < -0.3 is 10.5 Å². The van der Waals surface area contributed by atoms with Crippen molar-refractivity contribution in [3.8, 4) is 0 Å². The molecule has 2 N–H and O–H groups in total. The maximum absolute atomic E-state index is 13.1. The zero-order valence-electron chi connectivity index (χ0n) is 8.35. The Bertz CT molecular complexity index is 429. The minimum atomic E-state index is -0.748. The summed E-state index contributed by atoms with van der Waals surface area (Å²) in [5.74, 6) is -1.93. The van der Waals surface area contributed by atoms with E-state index in [0.29, 0.717) is 0 Å². The van der Waals surface area contributed by atoms with Gasteiger partial charge in [-0.15, -0.1) is 0 Å². The van der Waals surface area contributed by atoms with Crippen molar-refractivity contribution in [1.29, 1.82) is 0 Å². The van der Waals surface area contributed by atoms with Crippen molar-refractivity contribution in [2.75, 3.05) is 6.61 Å². The number of ether oxygens (including phenoxy) is 1. The lowest BCUT2D eigenvalue weighted by Crippen LogP contribution is -2.19. The molecule has 0 aromatic heterocycles. The smallest absolute Gasteiger partial charge is 0.331 e. The summed E-state index contributed by atoms with van der Waals surface area (Å²) in [5, 5.41) is 0. The zero-order valence-corrected chi connectivity index (χ0v) is 8.35. The molecule has 0 saturated heterocycles. The number of carbonyl (C=O) groups is 2. The monoisotopic (exact) mass is 223 g/mol. The second-order valence-corrected chi connectivity index (χ2v) is 2.93. The number of hydrogen-bond donors (Lipinski definition) is 1. The number of esters is 1. The molecule has 5 heteroatoms. The molecule has 1 aromatic carbocycles. The van der Waals surface area contributed by atoms with Crippen molar-refractivity contribution in [2.24, 2.45) is 5.73 Å². The third-order valence-corrected chi connectivity index (χ3v) is 1.66. The fourth-order valence-corrected chi connectivity index (χ4v) is 0.958. The van der Waals surface area contributed by atoms with Crippen LogP contribution >= 0.6 is 0 Å². The molecule has 0 saturated carbocycles. The van der Waals surface area contributed by atoms with Gasteiger partial charge in [0.25, 0.3) is 5.91 Å². The van der Waals surface area contributed by atoms with Crippen LogP contribution in [0, 0.1) is 5.82 Å². The Kier molecular flexibility index (Phi) is 4.20. The molecule has 0 fully saturated rings. The summed E-state index contributed by atoms with van der Waals surface area (Å²) >= 11 is 0. The van der Waals surface area contributed by atoms with Crippen molar-refractivity contribution in [3.63, 3.8) is 0 Å². The first kappa shape index (κ1) is 11.9. The van der Waals surface area contributed by atoms with Crippen LogP contribution in [0.3, 0.4) is 0 Å². The van der Waals surface area contributed by atoms with E-state index < -0.39 is 24.3 Å². The number of rotatable bonds is 4. The minimum Gasteiger partial charge on any atom is -0.452 e. The first-order valence-corrected chi connectivity index (χ1v) is 4.47. The molecule has 0 unspecified atom stereocenters. The largest absolute Gasteiger partial charge is 0.452 e. The minimum absolute atomic E-state index is 0.263. The Hall–Kier alpha value is -2.17. The van der Waals surface area contributed by atoms with Crippen LogP contribution in [0.25, 0.3) is 6.08 Å². The van der Waals surface area contributed by atoms with Crippen LogP contribution < -0.4 is 5.73 Å². The molecule has 1 aromatic rings. The van der Waals surface area contributed by atoms with Gasteiger partial charge in [-0.3, -0.25) is 4.79 Å². The molecule has 4 nitrogen and oxygen atoms in total. The third-order valence-electron chi connectivity index (χ3n) is 1.66. The van der Waals surface area contributed by atoms with Crippen LogP contribution in [-0.2, 0) is 14.3 Å². The standard InChI is InChI=1S/C11H10FNO3/c12-9-4-2-1-3-8(9)5-6-11(15)16-7-10(13)14/h1-6H,7H2,(H2,13,14)/b6-5+. The Morgan fingerprint density at radius 2 is 2.06 bits per heavy atom. The van der Waals surface area contributed by atoms with Crippen LogP contribution in [0.5, 0.6) is 0 Å². The Morgan fingerprint density at radius 3 is 2.69 bits per heavy atom. The Labute approximate surface area is 91.5 Å². The topological polar surface area (TPSA) is 69.4 Å². The molecule has 16 heavy (non-hydrogen) atoms. The van der Waals surface area contributed by atoms with Gasteiger partial charge in [-0.1, -0.05) is 18.2 Å². The highest BCUT2D eigenvalue weighted by atomic mass is 19.1. The van der Waals surface area contributed by atoms with Gasteiger partial charge in [-0.2, -0.15) is 0 Å². The molecule has 0 atom stereocenters. The fourth-order valence-electron chi connectivity index (χ4n) is 0.958. The molecular formula is C11H10FNO3. The number of halogens is 1. The summed E-state index contributed by atoms with van der Waals surface area (Å²) in [6.45, 7) is -0.486. The predicted molar refractivity (Wildman–Crippen MR) is 55.6 cm³/mol. The van der Waals surface area contributed by atoms with E-state index in [9.17, 15) is 14.0 Å². The van der Waals surface area contributed by atoms with E-state index in [4.69, 9.17) is 5.73 Å². The van der Waals surface area contributed by atoms with Gasteiger partial charge in [-0.25, -0.2) is 9.18 Å². The Balaban J connectivity index is 2.57. The number of nitrogens with two attached hydrogens (primary N) is 1. The van der Waals surface area contributed by atoms with Gasteiger partial charge in [0.2, 0.25) is 0 Å². The third kappa shape index (κ3) is 3.91. The molecule has 0 aliphatic rings. The van der Waals surface area contributed by atoms with Crippen molar-refractivity contribution in [3.05, 3.63) is 41.7 Å². The average molecular weight is 223 g/mol. The predicted octanol–water partition coefficient (Wildman–Crippen LogP) is 0.867. The summed E-state index contributed by atoms with van der Waals surface area (Å²) < 4.78 is 17.5. The molecule has 0 aliphatic heterocycles. The molecule has 0 radical (unpaired) electrons. The van der Waals surface area contributed by atoms with Crippen LogP contribution in [0.2, 0.25) is 0 Å². The number of primary amides is 1. The highest BCUT2D eigenvalue weighted by Gasteiger charge is 2.01. The van der Waals surface area contributed by atoms with Gasteiger partial charge in [0.05, 0.1) is 0 Å². The van der Waals surface area contributed by atoms with Crippen molar-refractivity contribution >= 4 is 18.0 Å². The number of hydrogen-bond acceptors (Lipinski definition) is 3. The van der Waals surface area contributed by atoms with E-state index in [1.807, 2.05) is 0 Å². The highest BCUT2D eigenvalue weighted by molar-refractivity contribution is 5.89. The molecule has 0 heterocycles. The summed E-state index contributed by atoms with van der Waals surface area (Å²) in [6.07, 6.45) is 2.29. The van der Waals surface area contributed by atoms with E-state index in [1.54, 1.807) is 6.07 Å². The van der Waals surface area contributed by atoms with Crippen LogP contribution in [0.4, 0.5) is 4.39 Å². The van der Waals surface area contributed by atoms with E-state index in [-0.39, 0.29) is 5.56 Å². The van der Waals surface area contributed by atoms with Crippen molar-refractivity contribution in [2.45, 2.75) is 0 Å². The molecular weight excluding hydrogens is 213 g/mol. The fraction of sp³-hybridized carbons (Fsp3) is 0.0909. The SMILES string of the molecule is NC(=O)COC(=O)/C=C/c1ccccc1F. The second kappa shape index (κ2) is 5.65. The van der Waals surface area contributed by atoms with Crippen LogP contribution in [0.1, 0.15) is 5.56 Å². The Morgan fingerprint density at radius 1 is 1.38 bits per heavy atom. The summed E-state index contributed by atoms with van der Waals surface area (Å²) in [7, 11) is 0. The summed E-state index contributed by atoms with van der Waals surface area (Å²) in [6, 6.07) is 5.96. The van der Waals surface area contributed by atoms with Crippen molar-refractivity contribution in [1.82, 2.24) is 0 Å². The molecule has 1 rings (SSSR count). The maximum atomic E-state index is 13.1. The quantitative estimate of drug-likeness (QED) is 0.608. The number of benzene rings is 1. The lowest BCUT2D eigenvalue weighted by atomic mass is 10.2. The number of carbonyl (C=O) groups excluding carboxylic acids is 2. The normalized spacial score (nSPS) is 10.3. The first-order valence-electron chi connectivity index (χ1n) is 4.47. The summed E-state index contributed by atoms with van der Waals surface area (Å²) in [4.78, 5) is 21.3. The lowest BCUT2D eigenvalue weighted by molar-refractivity contribution is -0.142.